The third-order valence-electron chi connectivity index (χ3n) is 3.30. The second-order valence-electron chi connectivity index (χ2n) is 4.95. The van der Waals surface area contributed by atoms with E-state index < -0.39 is 0 Å². The van der Waals surface area contributed by atoms with E-state index >= 15 is 0 Å². The fourth-order valence-corrected chi connectivity index (χ4v) is 2.12. The molecule has 2 rings (SSSR count). The molecule has 0 bridgehead atoms. The molecule has 1 atom stereocenters. The quantitative estimate of drug-likeness (QED) is 0.883. The number of anilines is 1. The number of benzene rings is 1. The Bertz CT molecular complexity index is 575. The Morgan fingerprint density at radius 1 is 1.32 bits per heavy atom. The van der Waals surface area contributed by atoms with Gasteiger partial charge in [0.2, 0.25) is 5.91 Å². The van der Waals surface area contributed by atoms with Crippen molar-refractivity contribution in [2.24, 2.45) is 17.6 Å². The number of aromatic nitrogens is 1. The molecule has 1 amide bonds. The van der Waals surface area contributed by atoms with Crippen molar-refractivity contribution in [2.75, 3.05) is 11.9 Å². The number of amides is 1. The summed E-state index contributed by atoms with van der Waals surface area (Å²) < 4.78 is 0. The highest BCUT2D eigenvalue weighted by Crippen LogP contribution is 2.22. The Kier molecular flexibility index (Phi) is 4.12. The van der Waals surface area contributed by atoms with Gasteiger partial charge in [-0.1, -0.05) is 19.9 Å². The number of hydrogen-bond acceptors (Lipinski definition) is 3. The highest BCUT2D eigenvalue weighted by Gasteiger charge is 2.20. The standard InChI is InChI=1S/C15H19N3O/c1-10(2)12(9-16)15(19)18-14-7-3-6-13-11(14)5-4-8-17-13/h3-8,10,12H,9,16H2,1-2H3,(H,18,19). The van der Waals surface area contributed by atoms with E-state index in [2.05, 4.69) is 10.3 Å². The Hall–Kier alpha value is -1.94. The van der Waals surface area contributed by atoms with E-state index in [0.717, 1.165) is 16.6 Å². The molecule has 0 spiro atoms. The van der Waals surface area contributed by atoms with Gasteiger partial charge in [-0.2, -0.15) is 0 Å². The number of nitrogens with two attached hydrogens (primary N) is 1. The normalized spacial score (nSPS) is 12.6. The van der Waals surface area contributed by atoms with E-state index in [-0.39, 0.29) is 17.7 Å². The first-order chi connectivity index (χ1) is 9.13. The summed E-state index contributed by atoms with van der Waals surface area (Å²) in [6.45, 7) is 4.36. The van der Waals surface area contributed by atoms with Crippen molar-refractivity contribution in [2.45, 2.75) is 13.8 Å². The van der Waals surface area contributed by atoms with Crippen molar-refractivity contribution in [3.05, 3.63) is 36.5 Å². The third kappa shape index (κ3) is 2.90. The molecule has 3 N–H and O–H groups in total. The second kappa shape index (κ2) is 5.80. The summed E-state index contributed by atoms with van der Waals surface area (Å²) in [4.78, 5) is 16.5. The van der Waals surface area contributed by atoms with Crippen LogP contribution in [-0.2, 0) is 4.79 Å². The summed E-state index contributed by atoms with van der Waals surface area (Å²) in [6, 6.07) is 9.51. The number of carbonyl (C=O) groups is 1. The molecule has 0 saturated carbocycles. The van der Waals surface area contributed by atoms with E-state index in [9.17, 15) is 4.79 Å². The molecule has 1 heterocycles. The minimum absolute atomic E-state index is 0.0335. The Morgan fingerprint density at radius 3 is 2.79 bits per heavy atom. The van der Waals surface area contributed by atoms with E-state index in [0.29, 0.717) is 6.54 Å². The van der Waals surface area contributed by atoms with Crippen LogP contribution in [0.3, 0.4) is 0 Å². The fourth-order valence-electron chi connectivity index (χ4n) is 2.12. The molecule has 0 aliphatic carbocycles. The summed E-state index contributed by atoms with van der Waals surface area (Å²) >= 11 is 0. The number of carbonyl (C=O) groups excluding carboxylic acids is 1. The van der Waals surface area contributed by atoms with Gasteiger partial charge < -0.3 is 11.1 Å². The maximum Gasteiger partial charge on any atom is 0.229 e. The molecule has 19 heavy (non-hydrogen) atoms. The zero-order valence-electron chi connectivity index (χ0n) is 11.3. The lowest BCUT2D eigenvalue weighted by atomic mass is 9.95. The number of nitrogens with one attached hydrogen (secondary N) is 1. The van der Waals surface area contributed by atoms with Crippen LogP contribution in [0.25, 0.3) is 10.9 Å². The summed E-state index contributed by atoms with van der Waals surface area (Å²) in [5, 5.41) is 3.90. The van der Waals surface area contributed by atoms with E-state index in [1.54, 1.807) is 6.20 Å². The lowest BCUT2D eigenvalue weighted by Crippen LogP contribution is -2.33. The topological polar surface area (TPSA) is 68.0 Å². The average molecular weight is 257 g/mol. The highest BCUT2D eigenvalue weighted by molar-refractivity contribution is 6.01. The number of pyridine rings is 1. The van der Waals surface area contributed by atoms with Gasteiger partial charge in [0.25, 0.3) is 0 Å². The van der Waals surface area contributed by atoms with Gasteiger partial charge >= 0.3 is 0 Å². The van der Waals surface area contributed by atoms with Gasteiger partial charge in [0, 0.05) is 18.1 Å². The van der Waals surface area contributed by atoms with Crippen molar-refractivity contribution >= 4 is 22.5 Å². The Balaban J connectivity index is 2.29. The van der Waals surface area contributed by atoms with Gasteiger partial charge in [-0.05, 0) is 30.2 Å². The number of nitrogens with zero attached hydrogens (tertiary/aromatic N) is 1. The summed E-state index contributed by atoms with van der Waals surface area (Å²) in [6.07, 6.45) is 1.74. The van der Waals surface area contributed by atoms with Crippen LogP contribution in [0.4, 0.5) is 5.69 Å². The molecule has 4 nitrogen and oxygen atoms in total. The van der Waals surface area contributed by atoms with Crippen LogP contribution in [0.5, 0.6) is 0 Å². The van der Waals surface area contributed by atoms with Gasteiger partial charge in [0.05, 0.1) is 17.1 Å². The van der Waals surface area contributed by atoms with Crippen molar-refractivity contribution in [3.63, 3.8) is 0 Å². The van der Waals surface area contributed by atoms with Crippen LogP contribution in [0.1, 0.15) is 13.8 Å². The van der Waals surface area contributed by atoms with E-state index in [1.807, 2.05) is 44.2 Å². The molecule has 0 aliphatic heterocycles. The monoisotopic (exact) mass is 257 g/mol. The molecule has 2 aromatic rings. The largest absolute Gasteiger partial charge is 0.330 e. The lowest BCUT2D eigenvalue weighted by Gasteiger charge is -2.18. The van der Waals surface area contributed by atoms with Crippen LogP contribution in [0.15, 0.2) is 36.5 Å². The average Bonchev–Trinajstić information content (AvgIpc) is 2.39. The number of hydrogen-bond donors (Lipinski definition) is 2. The zero-order chi connectivity index (χ0) is 13.8. The highest BCUT2D eigenvalue weighted by atomic mass is 16.1. The molecule has 1 aromatic carbocycles. The second-order valence-corrected chi connectivity index (χ2v) is 4.95. The van der Waals surface area contributed by atoms with Crippen molar-refractivity contribution in [1.82, 2.24) is 4.98 Å². The lowest BCUT2D eigenvalue weighted by molar-refractivity contribution is -0.120. The minimum atomic E-state index is -0.174. The molecular weight excluding hydrogens is 238 g/mol. The third-order valence-corrected chi connectivity index (χ3v) is 3.30. The first-order valence-corrected chi connectivity index (χ1v) is 6.48. The van der Waals surface area contributed by atoms with Crippen molar-refractivity contribution in [1.29, 1.82) is 0 Å². The molecule has 0 aliphatic rings. The molecule has 1 unspecified atom stereocenters. The molecule has 0 radical (unpaired) electrons. The van der Waals surface area contributed by atoms with Crippen molar-refractivity contribution in [3.8, 4) is 0 Å². The predicted octanol–water partition coefficient (Wildman–Crippen LogP) is 2.40. The maximum atomic E-state index is 12.2. The minimum Gasteiger partial charge on any atom is -0.330 e. The maximum absolute atomic E-state index is 12.2. The summed E-state index contributed by atoms with van der Waals surface area (Å²) in [5.41, 5.74) is 7.32. The smallest absolute Gasteiger partial charge is 0.229 e. The SMILES string of the molecule is CC(C)C(CN)C(=O)Nc1cccc2ncccc12. The fraction of sp³-hybridized carbons (Fsp3) is 0.333. The predicted molar refractivity (Wildman–Crippen MR) is 77.8 cm³/mol. The number of fused-ring (bicyclic) bond motifs is 1. The van der Waals surface area contributed by atoms with Crippen LogP contribution in [-0.4, -0.2) is 17.4 Å². The Labute approximate surface area is 113 Å². The van der Waals surface area contributed by atoms with E-state index in [1.165, 1.54) is 0 Å². The zero-order valence-corrected chi connectivity index (χ0v) is 11.3. The number of rotatable bonds is 4. The molecular formula is C15H19N3O. The van der Waals surface area contributed by atoms with Gasteiger partial charge in [-0.15, -0.1) is 0 Å². The molecule has 0 saturated heterocycles. The summed E-state index contributed by atoms with van der Waals surface area (Å²) in [5.74, 6) is 0.0129. The molecule has 100 valence electrons. The molecule has 0 fully saturated rings. The Morgan fingerprint density at radius 2 is 2.11 bits per heavy atom. The summed E-state index contributed by atoms with van der Waals surface area (Å²) in [7, 11) is 0. The molecule has 4 heteroatoms. The first kappa shape index (κ1) is 13.5. The first-order valence-electron chi connectivity index (χ1n) is 6.48. The van der Waals surface area contributed by atoms with Crippen LogP contribution < -0.4 is 11.1 Å². The van der Waals surface area contributed by atoms with Crippen molar-refractivity contribution < 1.29 is 4.79 Å². The van der Waals surface area contributed by atoms with Gasteiger partial charge in [-0.3, -0.25) is 9.78 Å². The molecule has 1 aromatic heterocycles. The van der Waals surface area contributed by atoms with Crippen LogP contribution in [0, 0.1) is 11.8 Å². The van der Waals surface area contributed by atoms with Gasteiger partial charge in [0.15, 0.2) is 0 Å². The van der Waals surface area contributed by atoms with Crippen LogP contribution in [0.2, 0.25) is 0 Å². The van der Waals surface area contributed by atoms with E-state index in [4.69, 9.17) is 5.73 Å². The van der Waals surface area contributed by atoms with Crippen LogP contribution >= 0.6 is 0 Å². The van der Waals surface area contributed by atoms with Gasteiger partial charge in [-0.25, -0.2) is 0 Å². The van der Waals surface area contributed by atoms with Gasteiger partial charge in [0.1, 0.15) is 0 Å².